The summed E-state index contributed by atoms with van der Waals surface area (Å²) >= 11 is 0. The van der Waals surface area contributed by atoms with E-state index in [1.807, 2.05) is 6.07 Å². The quantitative estimate of drug-likeness (QED) is 0.777. The lowest BCUT2D eigenvalue weighted by atomic mass is 9.85. The predicted octanol–water partition coefficient (Wildman–Crippen LogP) is 1.03. The highest BCUT2D eigenvalue weighted by Crippen LogP contribution is 2.31. The summed E-state index contributed by atoms with van der Waals surface area (Å²) < 4.78 is 26.3. The number of likely N-dealkylation sites (tertiary alicyclic amines) is 1. The summed E-state index contributed by atoms with van der Waals surface area (Å²) in [7, 11) is -1.31. The van der Waals surface area contributed by atoms with Crippen molar-refractivity contribution in [2.45, 2.75) is 43.9 Å². The number of hydrogen-bond acceptors (Lipinski definition) is 4. The molecule has 0 bridgehead atoms. The number of rotatable bonds is 3. The van der Waals surface area contributed by atoms with Crippen LogP contribution in [-0.2, 0) is 10.0 Å². The van der Waals surface area contributed by atoms with Crippen molar-refractivity contribution < 1.29 is 8.42 Å². The number of piperidine rings is 2. The van der Waals surface area contributed by atoms with Crippen LogP contribution in [0, 0.1) is 17.2 Å². The van der Waals surface area contributed by atoms with E-state index in [-0.39, 0.29) is 0 Å². The third kappa shape index (κ3) is 2.78. The molecule has 0 amide bonds. The van der Waals surface area contributed by atoms with E-state index in [9.17, 15) is 8.42 Å². The smallest absolute Gasteiger partial charge is 0.230 e. The van der Waals surface area contributed by atoms with Gasteiger partial charge in [0.05, 0.1) is 6.07 Å². The van der Waals surface area contributed by atoms with E-state index in [1.54, 1.807) is 11.2 Å². The van der Waals surface area contributed by atoms with Crippen molar-refractivity contribution in [3.63, 3.8) is 0 Å². The molecule has 108 valence electrons. The second-order valence-electron chi connectivity index (χ2n) is 5.67. The molecule has 0 N–H and O–H groups in total. The largest absolute Gasteiger partial charge is 0.303 e. The number of nitrogens with zero attached hydrogens (tertiary/aromatic N) is 3. The lowest BCUT2D eigenvalue weighted by molar-refractivity contribution is 0.0669. The predicted molar refractivity (Wildman–Crippen MR) is 73.9 cm³/mol. The lowest BCUT2D eigenvalue weighted by Crippen LogP contribution is -2.55. The summed E-state index contributed by atoms with van der Waals surface area (Å²) in [6.07, 6.45) is 3.50. The Balaban J connectivity index is 2.11. The maximum absolute atomic E-state index is 12.4. The summed E-state index contributed by atoms with van der Waals surface area (Å²) in [6.45, 7) is 4.03. The number of hydrogen-bond donors (Lipinski definition) is 0. The van der Waals surface area contributed by atoms with Crippen molar-refractivity contribution in [3.8, 4) is 6.07 Å². The Kier molecular flexibility index (Phi) is 4.49. The van der Waals surface area contributed by atoms with Gasteiger partial charge in [0.15, 0.2) is 5.25 Å². The van der Waals surface area contributed by atoms with E-state index in [0.29, 0.717) is 31.5 Å². The van der Waals surface area contributed by atoms with Crippen LogP contribution in [0.25, 0.3) is 0 Å². The van der Waals surface area contributed by atoms with Crippen molar-refractivity contribution in [2.24, 2.45) is 5.92 Å². The van der Waals surface area contributed by atoms with Crippen molar-refractivity contribution in [3.05, 3.63) is 0 Å². The van der Waals surface area contributed by atoms with Crippen LogP contribution in [0.3, 0.4) is 0 Å². The Morgan fingerprint density at radius 3 is 2.74 bits per heavy atom. The van der Waals surface area contributed by atoms with E-state index in [2.05, 4.69) is 11.9 Å². The zero-order valence-electron chi connectivity index (χ0n) is 11.7. The molecule has 0 radical (unpaired) electrons. The number of sulfonamides is 1. The summed E-state index contributed by atoms with van der Waals surface area (Å²) in [5, 5.41) is 8.12. The maximum atomic E-state index is 12.4. The van der Waals surface area contributed by atoms with Gasteiger partial charge < -0.3 is 4.90 Å². The second kappa shape index (κ2) is 5.78. The molecule has 0 aromatic carbocycles. The molecule has 3 unspecified atom stereocenters. The molecule has 2 aliphatic heterocycles. The molecule has 0 aromatic rings. The monoisotopic (exact) mass is 285 g/mol. The molecule has 2 aliphatic rings. The van der Waals surface area contributed by atoms with Gasteiger partial charge in [0.2, 0.25) is 10.0 Å². The van der Waals surface area contributed by atoms with Gasteiger partial charge in [-0.1, -0.05) is 6.92 Å². The summed E-state index contributed by atoms with van der Waals surface area (Å²) in [6, 6.07) is 2.45. The van der Waals surface area contributed by atoms with E-state index >= 15 is 0 Å². The SMILES string of the molecule is CCC(C#N)S(=O)(=O)N1CCC2C(CCCN2C)C1. The molecular weight excluding hydrogens is 262 g/mol. The topological polar surface area (TPSA) is 64.4 Å². The van der Waals surface area contributed by atoms with Crippen molar-refractivity contribution in [2.75, 3.05) is 26.7 Å². The normalized spacial score (nSPS) is 31.4. The van der Waals surface area contributed by atoms with E-state index in [0.717, 1.165) is 25.8 Å². The Labute approximate surface area is 116 Å². The van der Waals surface area contributed by atoms with Gasteiger partial charge in [-0.15, -0.1) is 0 Å². The van der Waals surface area contributed by atoms with Crippen LogP contribution in [0.2, 0.25) is 0 Å². The molecule has 0 saturated carbocycles. The van der Waals surface area contributed by atoms with Crippen LogP contribution in [0.5, 0.6) is 0 Å². The minimum atomic E-state index is -3.44. The number of fused-ring (bicyclic) bond motifs is 1. The first-order chi connectivity index (χ1) is 9.00. The highest BCUT2D eigenvalue weighted by atomic mass is 32.2. The van der Waals surface area contributed by atoms with Crippen molar-refractivity contribution >= 4 is 10.0 Å². The van der Waals surface area contributed by atoms with Crippen LogP contribution in [0.4, 0.5) is 0 Å². The number of nitriles is 1. The molecular formula is C13H23N3O2S. The second-order valence-corrected chi connectivity index (χ2v) is 7.78. The summed E-state index contributed by atoms with van der Waals surface area (Å²) in [5.74, 6) is 0.429. The molecule has 19 heavy (non-hydrogen) atoms. The molecule has 2 fully saturated rings. The summed E-state index contributed by atoms with van der Waals surface area (Å²) in [5.41, 5.74) is 0. The van der Waals surface area contributed by atoms with Crippen LogP contribution in [-0.4, -0.2) is 55.6 Å². The average Bonchev–Trinajstić information content (AvgIpc) is 2.39. The Hall–Kier alpha value is -0.640. The fourth-order valence-corrected chi connectivity index (χ4v) is 5.07. The molecule has 0 aliphatic carbocycles. The van der Waals surface area contributed by atoms with Crippen LogP contribution >= 0.6 is 0 Å². The standard InChI is InChI=1S/C13H23N3O2S/c1-3-12(9-14)19(17,18)16-8-6-13-11(10-16)5-4-7-15(13)2/h11-13H,3-8,10H2,1-2H3. The first-order valence-corrected chi connectivity index (χ1v) is 8.59. The van der Waals surface area contributed by atoms with Crippen LogP contribution < -0.4 is 0 Å². The lowest BCUT2D eigenvalue weighted by Gasteiger charge is -2.45. The van der Waals surface area contributed by atoms with E-state index < -0.39 is 15.3 Å². The van der Waals surface area contributed by atoms with Gasteiger partial charge in [-0.25, -0.2) is 12.7 Å². The van der Waals surface area contributed by atoms with Gasteiger partial charge in [-0.3, -0.25) is 0 Å². The van der Waals surface area contributed by atoms with Crippen LogP contribution in [0.15, 0.2) is 0 Å². The molecule has 2 heterocycles. The zero-order valence-corrected chi connectivity index (χ0v) is 12.6. The molecule has 2 saturated heterocycles. The minimum absolute atomic E-state index is 0.364. The molecule has 0 spiro atoms. The molecule has 5 nitrogen and oxygen atoms in total. The van der Waals surface area contributed by atoms with E-state index in [1.165, 1.54) is 0 Å². The van der Waals surface area contributed by atoms with Gasteiger partial charge in [0.1, 0.15) is 0 Å². The minimum Gasteiger partial charge on any atom is -0.303 e. The van der Waals surface area contributed by atoms with Crippen molar-refractivity contribution in [1.82, 2.24) is 9.21 Å². The first kappa shape index (κ1) is 14.8. The maximum Gasteiger partial charge on any atom is 0.230 e. The fourth-order valence-electron chi connectivity index (χ4n) is 3.40. The molecule has 2 rings (SSSR count). The van der Waals surface area contributed by atoms with Gasteiger partial charge in [-0.2, -0.15) is 5.26 Å². The molecule has 0 aromatic heterocycles. The molecule has 3 atom stereocenters. The highest BCUT2D eigenvalue weighted by molar-refractivity contribution is 7.90. The molecule has 6 heteroatoms. The van der Waals surface area contributed by atoms with Crippen LogP contribution in [0.1, 0.15) is 32.6 Å². The first-order valence-electron chi connectivity index (χ1n) is 7.09. The Bertz CT molecular complexity index is 457. The van der Waals surface area contributed by atoms with Crippen molar-refractivity contribution in [1.29, 1.82) is 5.26 Å². The summed E-state index contributed by atoms with van der Waals surface area (Å²) in [4.78, 5) is 2.36. The average molecular weight is 285 g/mol. The van der Waals surface area contributed by atoms with E-state index in [4.69, 9.17) is 5.26 Å². The van der Waals surface area contributed by atoms with Gasteiger partial charge in [-0.05, 0) is 45.2 Å². The third-order valence-corrected chi connectivity index (χ3v) is 6.75. The fraction of sp³-hybridized carbons (Fsp3) is 0.923. The van der Waals surface area contributed by atoms with Gasteiger partial charge in [0, 0.05) is 19.1 Å². The van der Waals surface area contributed by atoms with Gasteiger partial charge >= 0.3 is 0 Å². The Morgan fingerprint density at radius 2 is 2.11 bits per heavy atom. The third-order valence-electron chi connectivity index (χ3n) is 4.54. The van der Waals surface area contributed by atoms with Gasteiger partial charge in [0.25, 0.3) is 0 Å². The zero-order chi connectivity index (χ0) is 14.0. The Morgan fingerprint density at radius 1 is 1.37 bits per heavy atom. The highest BCUT2D eigenvalue weighted by Gasteiger charge is 2.40.